The molecule has 3 heteroatoms. The van der Waals surface area contributed by atoms with E-state index in [0.29, 0.717) is 6.61 Å². The minimum Gasteiger partial charge on any atom is -0.462 e. The molecule has 0 atom stereocenters. The zero-order chi connectivity index (χ0) is 16.7. The van der Waals surface area contributed by atoms with Gasteiger partial charge in [0, 0.05) is 0 Å². The van der Waals surface area contributed by atoms with E-state index in [1.54, 1.807) is 0 Å². The molecule has 2 rings (SSSR count). The number of Topliss-reactive ketones (excluding diaryl/α,β-unsaturated/α-hetero) is 1. The van der Waals surface area contributed by atoms with Crippen molar-refractivity contribution in [1.82, 2.24) is 0 Å². The third-order valence-corrected chi connectivity index (χ3v) is 4.47. The van der Waals surface area contributed by atoms with Gasteiger partial charge in [-0.1, -0.05) is 19.1 Å². The van der Waals surface area contributed by atoms with Crippen molar-refractivity contribution in [2.75, 3.05) is 6.61 Å². The van der Waals surface area contributed by atoms with Crippen LogP contribution >= 0.6 is 0 Å². The van der Waals surface area contributed by atoms with Gasteiger partial charge in [0.05, 0.1) is 6.61 Å². The molecule has 0 aromatic rings. The summed E-state index contributed by atoms with van der Waals surface area (Å²) < 4.78 is 5.31. The summed E-state index contributed by atoms with van der Waals surface area (Å²) in [5, 5.41) is 0. The number of rotatable bonds is 6. The van der Waals surface area contributed by atoms with Gasteiger partial charge < -0.3 is 4.74 Å². The second-order valence-corrected chi connectivity index (χ2v) is 6.39. The van der Waals surface area contributed by atoms with Gasteiger partial charge in [-0.25, -0.2) is 4.79 Å². The number of allylic oxidation sites excluding steroid dienone is 5. The number of esters is 1. The van der Waals surface area contributed by atoms with E-state index >= 15 is 0 Å². The fourth-order valence-corrected chi connectivity index (χ4v) is 3.35. The molecular weight excluding hydrogens is 288 g/mol. The molecule has 0 aromatic carbocycles. The second-order valence-electron chi connectivity index (χ2n) is 6.39. The van der Waals surface area contributed by atoms with Gasteiger partial charge in [0.25, 0.3) is 0 Å². The third-order valence-electron chi connectivity index (χ3n) is 4.47. The molecule has 0 amide bonds. The van der Waals surface area contributed by atoms with E-state index in [2.05, 4.69) is 12.2 Å². The molecule has 2 aliphatic rings. The van der Waals surface area contributed by atoms with Crippen molar-refractivity contribution >= 4 is 11.8 Å². The van der Waals surface area contributed by atoms with Gasteiger partial charge in [0.2, 0.25) is 0 Å². The fraction of sp³-hybridized carbons (Fsp3) is 0.600. The number of hydrogen-bond acceptors (Lipinski definition) is 3. The number of carbonyl (C=O) groups excluding carboxylic acids is 2. The molecule has 0 N–H and O–H groups in total. The van der Waals surface area contributed by atoms with Crippen molar-refractivity contribution < 1.29 is 14.3 Å². The lowest BCUT2D eigenvalue weighted by Crippen LogP contribution is -2.19. The van der Waals surface area contributed by atoms with E-state index in [4.69, 9.17) is 4.74 Å². The normalized spacial score (nSPS) is 17.8. The van der Waals surface area contributed by atoms with Crippen molar-refractivity contribution in [3.63, 3.8) is 0 Å². The molecule has 0 bridgehead atoms. The Hall–Kier alpha value is -1.64. The molecule has 0 spiro atoms. The van der Waals surface area contributed by atoms with Gasteiger partial charge in [-0.3, -0.25) is 4.79 Å². The van der Waals surface area contributed by atoms with Crippen LogP contribution in [-0.4, -0.2) is 18.4 Å². The summed E-state index contributed by atoms with van der Waals surface area (Å²) in [6.45, 7) is 3.80. The van der Waals surface area contributed by atoms with Crippen LogP contribution in [0.15, 0.2) is 34.4 Å². The molecule has 0 saturated heterocycles. The Morgan fingerprint density at radius 2 is 1.57 bits per heavy atom. The van der Waals surface area contributed by atoms with Crippen LogP contribution in [0.5, 0.6) is 0 Å². The van der Waals surface area contributed by atoms with Gasteiger partial charge in [0.1, 0.15) is 5.57 Å². The maximum atomic E-state index is 12.5. The minimum atomic E-state index is -0.452. The van der Waals surface area contributed by atoms with E-state index in [-0.39, 0.29) is 11.4 Å². The van der Waals surface area contributed by atoms with Gasteiger partial charge >= 0.3 is 5.97 Å². The molecular formula is C20H28O3. The Morgan fingerprint density at radius 3 is 1.96 bits per heavy atom. The highest BCUT2D eigenvalue weighted by Crippen LogP contribution is 2.36. The lowest BCUT2D eigenvalue weighted by Gasteiger charge is -2.23. The zero-order valence-corrected chi connectivity index (χ0v) is 14.5. The molecule has 0 heterocycles. The summed E-state index contributed by atoms with van der Waals surface area (Å²) in [4.78, 5) is 24.8. The van der Waals surface area contributed by atoms with E-state index in [0.717, 1.165) is 50.5 Å². The second kappa shape index (κ2) is 8.85. The molecule has 3 nitrogen and oxygen atoms in total. The van der Waals surface area contributed by atoms with Crippen molar-refractivity contribution in [3.05, 3.63) is 34.4 Å². The topological polar surface area (TPSA) is 43.4 Å². The van der Waals surface area contributed by atoms with E-state index in [1.807, 2.05) is 6.92 Å². The summed E-state index contributed by atoms with van der Waals surface area (Å²) in [7, 11) is 0. The Balaban J connectivity index is 2.49. The van der Waals surface area contributed by atoms with Crippen LogP contribution < -0.4 is 0 Å². The van der Waals surface area contributed by atoms with Crippen molar-refractivity contribution in [1.29, 1.82) is 0 Å². The van der Waals surface area contributed by atoms with Gasteiger partial charge in [-0.15, -0.1) is 0 Å². The summed E-state index contributed by atoms with van der Waals surface area (Å²) in [6, 6.07) is 0. The Bertz CT molecular complexity index is 521. The number of ether oxygens (including phenoxy) is 1. The maximum absolute atomic E-state index is 12.5. The molecule has 0 aliphatic heterocycles. The highest BCUT2D eigenvalue weighted by molar-refractivity contribution is 6.18. The number of hydrogen-bond donors (Lipinski definition) is 0. The highest BCUT2D eigenvalue weighted by Gasteiger charge is 2.27. The lowest BCUT2D eigenvalue weighted by molar-refractivity contribution is -0.140. The summed E-state index contributed by atoms with van der Waals surface area (Å²) in [6.07, 6.45) is 13.8. The fourth-order valence-electron chi connectivity index (χ4n) is 3.35. The molecule has 0 unspecified atom stereocenters. The zero-order valence-electron chi connectivity index (χ0n) is 14.5. The average molecular weight is 316 g/mol. The number of ketones is 1. The van der Waals surface area contributed by atoms with E-state index in [1.165, 1.54) is 30.9 Å². The lowest BCUT2D eigenvalue weighted by atomic mass is 9.81. The van der Waals surface area contributed by atoms with E-state index in [9.17, 15) is 9.59 Å². The quantitative estimate of drug-likeness (QED) is 0.305. The maximum Gasteiger partial charge on any atom is 0.342 e. The molecule has 0 radical (unpaired) electrons. The predicted molar refractivity (Wildman–Crippen MR) is 92.1 cm³/mol. The van der Waals surface area contributed by atoms with Crippen LogP contribution in [0.25, 0.3) is 0 Å². The molecule has 0 saturated carbocycles. The van der Waals surface area contributed by atoms with Crippen LogP contribution in [0.2, 0.25) is 0 Å². The minimum absolute atomic E-state index is 0.181. The average Bonchev–Trinajstić information content (AvgIpc) is 2.58. The van der Waals surface area contributed by atoms with Crippen molar-refractivity contribution in [2.45, 2.75) is 71.6 Å². The van der Waals surface area contributed by atoms with Crippen LogP contribution in [0.4, 0.5) is 0 Å². The van der Waals surface area contributed by atoms with E-state index < -0.39 is 5.97 Å². The molecule has 0 fully saturated rings. The smallest absolute Gasteiger partial charge is 0.342 e. The van der Waals surface area contributed by atoms with Gasteiger partial charge in [-0.2, -0.15) is 0 Å². The largest absolute Gasteiger partial charge is 0.462 e. The summed E-state index contributed by atoms with van der Waals surface area (Å²) in [5.74, 6) is -0.633. The molecule has 126 valence electrons. The predicted octanol–water partition coefficient (Wildman–Crippen LogP) is 4.83. The first-order chi connectivity index (χ1) is 11.1. The highest BCUT2D eigenvalue weighted by atomic mass is 16.5. The van der Waals surface area contributed by atoms with Crippen LogP contribution in [0, 0.1) is 0 Å². The Morgan fingerprint density at radius 1 is 1.00 bits per heavy atom. The van der Waals surface area contributed by atoms with Gasteiger partial charge in [0.15, 0.2) is 5.78 Å². The molecule has 2 aliphatic carbocycles. The standard InChI is InChI=1S/C20H28O3/c1-3-14-23-20(22)18(15(2)21)19(16-10-6-4-7-11-16)17-12-8-5-9-13-17/h10,12H,3-9,11,13-14H2,1-2H3. The summed E-state index contributed by atoms with van der Waals surface area (Å²) in [5.41, 5.74) is 3.49. The van der Waals surface area contributed by atoms with Crippen LogP contribution in [-0.2, 0) is 14.3 Å². The first-order valence-electron chi connectivity index (χ1n) is 8.96. The monoisotopic (exact) mass is 316 g/mol. The van der Waals surface area contributed by atoms with Gasteiger partial charge in [-0.05, 0) is 81.4 Å². The van der Waals surface area contributed by atoms with Crippen LogP contribution in [0.3, 0.4) is 0 Å². The first kappa shape index (κ1) is 17.7. The van der Waals surface area contributed by atoms with Crippen LogP contribution in [0.1, 0.15) is 71.6 Å². The number of carbonyl (C=O) groups is 2. The Labute approximate surface area is 139 Å². The van der Waals surface area contributed by atoms with Crippen molar-refractivity contribution in [2.24, 2.45) is 0 Å². The SMILES string of the molecule is CCCOC(=O)C(C(C)=O)=C(C1=CCCCC1)C1=CCCCC1. The Kier molecular flexibility index (Phi) is 6.82. The summed E-state index contributed by atoms with van der Waals surface area (Å²) >= 11 is 0. The van der Waals surface area contributed by atoms with Crippen molar-refractivity contribution in [3.8, 4) is 0 Å². The molecule has 23 heavy (non-hydrogen) atoms. The molecule has 0 aromatic heterocycles. The first-order valence-corrected chi connectivity index (χ1v) is 8.96. The third kappa shape index (κ3) is 4.66.